The van der Waals surface area contributed by atoms with Gasteiger partial charge in [0.25, 0.3) is 0 Å². The number of piperazine rings is 1. The number of hydrogen-bond acceptors (Lipinski definition) is 4. The van der Waals surface area contributed by atoms with Gasteiger partial charge in [0.15, 0.2) is 0 Å². The molecule has 0 unspecified atom stereocenters. The second-order valence-electron chi connectivity index (χ2n) is 7.83. The first-order valence-corrected chi connectivity index (χ1v) is 9.79. The number of alkyl carbamates (subject to hydrolysis) is 1. The van der Waals surface area contributed by atoms with Gasteiger partial charge in [0.2, 0.25) is 5.91 Å². The summed E-state index contributed by atoms with van der Waals surface area (Å²) >= 11 is 6.11. The Morgan fingerprint density at radius 2 is 1.85 bits per heavy atom. The minimum absolute atomic E-state index is 0.128. The highest BCUT2D eigenvalue weighted by Crippen LogP contribution is 2.25. The number of halogens is 1. The van der Waals surface area contributed by atoms with Crippen molar-refractivity contribution in [2.24, 2.45) is 0 Å². The lowest BCUT2D eigenvalue weighted by molar-refractivity contribution is -0.131. The molecule has 1 aliphatic rings. The van der Waals surface area contributed by atoms with E-state index in [4.69, 9.17) is 16.3 Å². The fourth-order valence-corrected chi connectivity index (χ4v) is 3.19. The van der Waals surface area contributed by atoms with E-state index >= 15 is 0 Å². The van der Waals surface area contributed by atoms with Gasteiger partial charge in [-0.1, -0.05) is 17.7 Å². The highest BCUT2D eigenvalue weighted by molar-refractivity contribution is 6.30. The van der Waals surface area contributed by atoms with Crippen LogP contribution in [0.25, 0.3) is 0 Å². The third-order valence-electron chi connectivity index (χ3n) is 4.38. The maximum absolute atomic E-state index is 12.4. The first-order chi connectivity index (χ1) is 12.7. The Morgan fingerprint density at radius 1 is 1.19 bits per heavy atom. The number of nitrogens with one attached hydrogen (secondary N) is 1. The lowest BCUT2D eigenvalue weighted by Crippen LogP contribution is -2.49. The Balaban J connectivity index is 1.70. The number of hydrogen-bond donors (Lipinski definition) is 1. The third kappa shape index (κ3) is 6.94. The van der Waals surface area contributed by atoms with E-state index < -0.39 is 11.7 Å². The fourth-order valence-electron chi connectivity index (χ4n) is 3.02. The molecular formula is C20H30ClN3O3. The van der Waals surface area contributed by atoms with Crippen LogP contribution in [0, 0.1) is 6.92 Å². The molecule has 150 valence electrons. The summed E-state index contributed by atoms with van der Waals surface area (Å²) in [5.41, 5.74) is 1.81. The minimum Gasteiger partial charge on any atom is -0.444 e. The molecule has 0 spiro atoms. The van der Waals surface area contributed by atoms with E-state index in [-0.39, 0.29) is 5.91 Å². The smallest absolute Gasteiger partial charge is 0.407 e. The van der Waals surface area contributed by atoms with Crippen LogP contribution in [0.5, 0.6) is 0 Å². The van der Waals surface area contributed by atoms with Crippen molar-refractivity contribution in [3.8, 4) is 0 Å². The van der Waals surface area contributed by atoms with Gasteiger partial charge in [0.1, 0.15) is 5.60 Å². The quantitative estimate of drug-likeness (QED) is 0.774. The molecule has 2 rings (SSSR count). The molecular weight excluding hydrogens is 366 g/mol. The van der Waals surface area contributed by atoms with Gasteiger partial charge in [0.05, 0.1) is 0 Å². The molecule has 1 saturated heterocycles. The molecule has 1 heterocycles. The van der Waals surface area contributed by atoms with Crippen molar-refractivity contribution in [3.05, 3.63) is 28.8 Å². The molecule has 0 radical (unpaired) electrons. The summed E-state index contributed by atoms with van der Waals surface area (Å²) in [6.07, 6.45) is 0.581. The Kier molecular flexibility index (Phi) is 7.36. The summed E-state index contributed by atoms with van der Waals surface area (Å²) < 4.78 is 5.17. The SMILES string of the molecule is Cc1ccc(Cl)cc1N1CCN(C(=O)CCCNC(=O)OC(C)(C)C)CC1. The van der Waals surface area contributed by atoms with Crippen molar-refractivity contribution in [1.29, 1.82) is 0 Å². The molecule has 0 aromatic heterocycles. The maximum Gasteiger partial charge on any atom is 0.407 e. The molecule has 6 nitrogen and oxygen atoms in total. The Morgan fingerprint density at radius 3 is 2.48 bits per heavy atom. The first-order valence-electron chi connectivity index (χ1n) is 9.41. The first kappa shape index (κ1) is 21.4. The van der Waals surface area contributed by atoms with E-state index in [9.17, 15) is 9.59 Å². The number of nitrogens with zero attached hydrogens (tertiary/aromatic N) is 2. The monoisotopic (exact) mass is 395 g/mol. The van der Waals surface area contributed by atoms with Crippen molar-refractivity contribution < 1.29 is 14.3 Å². The zero-order chi connectivity index (χ0) is 20.0. The van der Waals surface area contributed by atoms with Gasteiger partial charge in [-0.15, -0.1) is 0 Å². The molecule has 27 heavy (non-hydrogen) atoms. The number of amides is 2. The van der Waals surface area contributed by atoms with Crippen LogP contribution in [0.1, 0.15) is 39.2 Å². The van der Waals surface area contributed by atoms with Crippen molar-refractivity contribution in [1.82, 2.24) is 10.2 Å². The van der Waals surface area contributed by atoms with Crippen LogP contribution >= 0.6 is 11.6 Å². The zero-order valence-electron chi connectivity index (χ0n) is 16.7. The highest BCUT2D eigenvalue weighted by Gasteiger charge is 2.22. The zero-order valence-corrected chi connectivity index (χ0v) is 17.4. The number of ether oxygens (including phenoxy) is 1. The van der Waals surface area contributed by atoms with Crippen LogP contribution in [0.4, 0.5) is 10.5 Å². The third-order valence-corrected chi connectivity index (χ3v) is 4.61. The van der Waals surface area contributed by atoms with Gasteiger partial charge in [-0.05, 0) is 51.8 Å². The summed E-state index contributed by atoms with van der Waals surface area (Å²) in [7, 11) is 0. The van der Waals surface area contributed by atoms with Gasteiger partial charge in [-0.3, -0.25) is 4.79 Å². The van der Waals surface area contributed by atoms with Crippen molar-refractivity contribution in [2.45, 2.75) is 46.1 Å². The minimum atomic E-state index is -0.513. The number of anilines is 1. The van der Waals surface area contributed by atoms with Crippen molar-refractivity contribution >= 4 is 29.3 Å². The summed E-state index contributed by atoms with van der Waals surface area (Å²) in [4.78, 5) is 28.1. The van der Waals surface area contributed by atoms with Crippen molar-refractivity contribution in [3.63, 3.8) is 0 Å². The Labute approximate surface area is 166 Å². The number of aryl methyl sites for hydroxylation is 1. The van der Waals surface area contributed by atoms with Gasteiger partial charge in [-0.2, -0.15) is 0 Å². The van der Waals surface area contributed by atoms with Crippen LogP contribution in [0.2, 0.25) is 5.02 Å². The van der Waals surface area contributed by atoms with E-state index in [0.717, 1.165) is 23.8 Å². The normalized spacial score (nSPS) is 14.9. The van der Waals surface area contributed by atoms with Crippen LogP contribution in [0.15, 0.2) is 18.2 Å². The number of benzene rings is 1. The lowest BCUT2D eigenvalue weighted by Gasteiger charge is -2.37. The van der Waals surface area contributed by atoms with Gasteiger partial charge in [-0.25, -0.2) is 4.79 Å². The molecule has 1 fully saturated rings. The summed E-state index contributed by atoms with van der Waals surface area (Å²) in [5, 5.41) is 3.41. The highest BCUT2D eigenvalue weighted by atomic mass is 35.5. The van der Waals surface area contributed by atoms with E-state index in [1.165, 1.54) is 5.56 Å². The average Bonchev–Trinajstić information content (AvgIpc) is 2.59. The average molecular weight is 396 g/mol. The molecule has 1 aliphatic heterocycles. The molecule has 1 aromatic carbocycles. The number of carbonyl (C=O) groups is 2. The second kappa shape index (κ2) is 9.31. The van der Waals surface area contributed by atoms with Crippen LogP contribution in [-0.2, 0) is 9.53 Å². The molecule has 1 N–H and O–H groups in total. The topological polar surface area (TPSA) is 61.9 Å². The van der Waals surface area contributed by atoms with E-state index in [2.05, 4.69) is 17.1 Å². The van der Waals surface area contributed by atoms with E-state index in [1.807, 2.05) is 43.9 Å². The van der Waals surface area contributed by atoms with Crippen molar-refractivity contribution in [2.75, 3.05) is 37.6 Å². The summed E-state index contributed by atoms with van der Waals surface area (Å²) in [6, 6.07) is 5.90. The molecule has 1 aromatic rings. The lowest BCUT2D eigenvalue weighted by atomic mass is 10.1. The summed E-state index contributed by atoms with van der Waals surface area (Å²) in [6.45, 7) is 11.0. The van der Waals surface area contributed by atoms with Crippen LogP contribution in [-0.4, -0.2) is 55.2 Å². The van der Waals surface area contributed by atoms with E-state index in [1.54, 1.807) is 0 Å². The van der Waals surface area contributed by atoms with E-state index in [0.29, 0.717) is 32.5 Å². The van der Waals surface area contributed by atoms with Gasteiger partial charge in [0, 0.05) is 49.9 Å². The fraction of sp³-hybridized carbons (Fsp3) is 0.600. The number of carbonyl (C=O) groups excluding carboxylic acids is 2. The maximum atomic E-state index is 12.4. The van der Waals surface area contributed by atoms with Crippen LogP contribution in [0.3, 0.4) is 0 Å². The summed E-state index contributed by atoms with van der Waals surface area (Å²) in [5.74, 6) is 0.128. The molecule has 0 saturated carbocycles. The predicted molar refractivity (Wildman–Crippen MR) is 108 cm³/mol. The van der Waals surface area contributed by atoms with Gasteiger partial charge < -0.3 is 19.9 Å². The molecule has 0 aliphatic carbocycles. The molecule has 2 amide bonds. The molecule has 7 heteroatoms. The Bertz CT molecular complexity index is 665. The molecule has 0 atom stereocenters. The predicted octanol–water partition coefficient (Wildman–Crippen LogP) is 3.60. The molecule has 0 bridgehead atoms. The largest absolute Gasteiger partial charge is 0.444 e. The van der Waals surface area contributed by atoms with Crippen LogP contribution < -0.4 is 10.2 Å². The Hall–Kier alpha value is -1.95. The standard InChI is InChI=1S/C20H30ClN3O3/c1-15-7-8-16(21)14-17(15)23-10-12-24(13-11-23)18(25)6-5-9-22-19(26)27-20(2,3)4/h7-8,14H,5-6,9-13H2,1-4H3,(H,22,26). The van der Waals surface area contributed by atoms with Gasteiger partial charge >= 0.3 is 6.09 Å². The second-order valence-corrected chi connectivity index (χ2v) is 8.27. The number of rotatable bonds is 5.